The summed E-state index contributed by atoms with van der Waals surface area (Å²) in [5, 5.41) is 13.8. The monoisotopic (exact) mass is 526 g/mol. The van der Waals surface area contributed by atoms with Gasteiger partial charge in [-0.25, -0.2) is 4.90 Å². The maximum absolute atomic E-state index is 14.1. The first-order valence-corrected chi connectivity index (χ1v) is 12.8. The van der Waals surface area contributed by atoms with Crippen LogP contribution in [0.3, 0.4) is 0 Å². The van der Waals surface area contributed by atoms with Crippen molar-refractivity contribution in [3.63, 3.8) is 0 Å². The Hall–Kier alpha value is -2.51. The number of halogens is 1. The van der Waals surface area contributed by atoms with Crippen LogP contribution >= 0.6 is 15.9 Å². The standard InChI is InChI=1S/C27H31BrN2O4/c1-5-15(4)27(26(33)34)21-20(22(29-27)18-11-13-19(28)14-12-18)24(31)30(25(21)32)23-16(6-2)9-8-10-17(23)7-3/h8-15,20-22,29H,5-7H2,1-4H3,(H,33,34). The minimum Gasteiger partial charge on any atom is -0.480 e. The molecule has 2 saturated heterocycles. The molecule has 2 aromatic carbocycles. The van der Waals surface area contributed by atoms with Gasteiger partial charge in [0, 0.05) is 10.5 Å². The molecular weight excluding hydrogens is 496 g/mol. The molecule has 180 valence electrons. The fourth-order valence-electron chi connectivity index (χ4n) is 5.80. The number of amides is 2. The maximum atomic E-state index is 14.1. The van der Waals surface area contributed by atoms with E-state index in [-0.39, 0.29) is 11.8 Å². The molecule has 2 aliphatic heterocycles. The van der Waals surface area contributed by atoms with Crippen LogP contribution in [0.15, 0.2) is 46.9 Å². The number of benzene rings is 2. The highest BCUT2D eigenvalue weighted by Crippen LogP contribution is 2.53. The number of carbonyl (C=O) groups excluding carboxylic acids is 2. The Morgan fingerprint density at radius 3 is 2.15 bits per heavy atom. The summed E-state index contributed by atoms with van der Waals surface area (Å²) in [7, 11) is 0. The number of aryl methyl sites for hydroxylation is 2. The molecule has 6 nitrogen and oxygen atoms in total. The van der Waals surface area contributed by atoms with Crippen molar-refractivity contribution >= 4 is 39.4 Å². The summed E-state index contributed by atoms with van der Waals surface area (Å²) in [4.78, 5) is 42.4. The van der Waals surface area contributed by atoms with E-state index in [2.05, 4.69) is 21.2 Å². The van der Waals surface area contributed by atoms with Crippen molar-refractivity contribution in [3.05, 3.63) is 63.6 Å². The van der Waals surface area contributed by atoms with Gasteiger partial charge in [0.15, 0.2) is 0 Å². The topological polar surface area (TPSA) is 86.7 Å². The number of anilines is 1. The van der Waals surface area contributed by atoms with Gasteiger partial charge in [0.05, 0.1) is 17.5 Å². The summed E-state index contributed by atoms with van der Waals surface area (Å²) in [5.41, 5.74) is 1.73. The Labute approximate surface area is 208 Å². The van der Waals surface area contributed by atoms with Crippen LogP contribution in [0.5, 0.6) is 0 Å². The van der Waals surface area contributed by atoms with Crippen LogP contribution in [0, 0.1) is 17.8 Å². The van der Waals surface area contributed by atoms with Crippen LogP contribution in [0.4, 0.5) is 5.69 Å². The zero-order chi connectivity index (χ0) is 24.8. The number of carboxylic acid groups (broad SMARTS) is 1. The molecule has 0 aromatic heterocycles. The normalized spacial score (nSPS) is 27.2. The Bertz CT molecular complexity index is 1110. The first-order chi connectivity index (χ1) is 16.2. The summed E-state index contributed by atoms with van der Waals surface area (Å²) >= 11 is 3.44. The quantitative estimate of drug-likeness (QED) is 0.501. The van der Waals surface area contributed by atoms with Crippen LogP contribution in [0.25, 0.3) is 0 Å². The van der Waals surface area contributed by atoms with E-state index in [9.17, 15) is 19.5 Å². The number of para-hydroxylation sites is 1. The lowest BCUT2D eigenvalue weighted by Crippen LogP contribution is -2.59. The van der Waals surface area contributed by atoms with Crippen molar-refractivity contribution in [1.29, 1.82) is 0 Å². The summed E-state index contributed by atoms with van der Waals surface area (Å²) in [5.74, 6) is -3.97. The number of nitrogens with one attached hydrogen (secondary N) is 1. The smallest absolute Gasteiger partial charge is 0.325 e. The zero-order valence-electron chi connectivity index (χ0n) is 20.0. The minimum atomic E-state index is -1.54. The van der Waals surface area contributed by atoms with Gasteiger partial charge in [-0.15, -0.1) is 0 Å². The molecule has 0 spiro atoms. The van der Waals surface area contributed by atoms with Crippen molar-refractivity contribution in [2.75, 3.05) is 4.90 Å². The number of imide groups is 1. The maximum Gasteiger partial charge on any atom is 0.325 e. The molecule has 4 rings (SSSR count). The second-order valence-corrected chi connectivity index (χ2v) is 10.2. The third-order valence-electron chi connectivity index (χ3n) is 7.76. The van der Waals surface area contributed by atoms with Gasteiger partial charge in [0.1, 0.15) is 5.54 Å². The van der Waals surface area contributed by atoms with Gasteiger partial charge < -0.3 is 5.11 Å². The van der Waals surface area contributed by atoms with E-state index in [0.29, 0.717) is 24.9 Å². The number of hydrogen-bond acceptors (Lipinski definition) is 4. The second kappa shape index (κ2) is 9.27. The molecule has 0 aliphatic carbocycles. The third-order valence-corrected chi connectivity index (χ3v) is 8.29. The highest BCUT2D eigenvalue weighted by molar-refractivity contribution is 9.10. The molecule has 0 saturated carbocycles. The molecule has 2 fully saturated rings. The van der Waals surface area contributed by atoms with Gasteiger partial charge in [-0.1, -0.05) is 80.4 Å². The van der Waals surface area contributed by atoms with Crippen LogP contribution < -0.4 is 10.2 Å². The second-order valence-electron chi connectivity index (χ2n) is 9.30. The first-order valence-electron chi connectivity index (χ1n) is 12.0. The SMILES string of the molecule is CCc1cccc(CC)c1N1C(=O)C2C(c3ccc(Br)cc3)NC(C(=O)O)(C(C)CC)C2C1=O. The molecule has 5 unspecified atom stereocenters. The molecule has 7 heteroatoms. The Morgan fingerprint density at radius 2 is 1.65 bits per heavy atom. The van der Waals surface area contributed by atoms with Gasteiger partial charge in [-0.3, -0.25) is 19.7 Å². The molecule has 5 atom stereocenters. The fraction of sp³-hybridized carbons (Fsp3) is 0.444. The number of carboxylic acids is 1. The van der Waals surface area contributed by atoms with Gasteiger partial charge in [0.25, 0.3) is 0 Å². The van der Waals surface area contributed by atoms with Crippen molar-refractivity contribution < 1.29 is 19.5 Å². The van der Waals surface area contributed by atoms with E-state index in [1.165, 1.54) is 4.90 Å². The molecular formula is C27H31BrN2O4. The van der Waals surface area contributed by atoms with E-state index in [4.69, 9.17) is 0 Å². The number of carbonyl (C=O) groups is 3. The summed E-state index contributed by atoms with van der Waals surface area (Å²) in [6.07, 6.45) is 1.89. The van der Waals surface area contributed by atoms with Crippen LogP contribution in [0.1, 0.15) is 56.8 Å². The lowest BCUT2D eigenvalue weighted by molar-refractivity contribution is -0.151. The van der Waals surface area contributed by atoms with Gasteiger partial charge in [0.2, 0.25) is 11.8 Å². The molecule has 2 heterocycles. The average Bonchev–Trinajstić information content (AvgIpc) is 3.33. The minimum absolute atomic E-state index is 0.322. The van der Waals surface area contributed by atoms with E-state index in [1.54, 1.807) is 0 Å². The van der Waals surface area contributed by atoms with Crippen LogP contribution in [-0.4, -0.2) is 28.4 Å². The lowest BCUT2D eigenvalue weighted by atomic mass is 9.72. The Morgan fingerprint density at radius 1 is 1.06 bits per heavy atom. The van der Waals surface area contributed by atoms with Gasteiger partial charge >= 0.3 is 5.97 Å². The van der Waals surface area contributed by atoms with Crippen molar-refractivity contribution in [3.8, 4) is 0 Å². The molecule has 34 heavy (non-hydrogen) atoms. The first kappa shape index (κ1) is 24.6. The molecule has 2 aromatic rings. The van der Waals surface area contributed by atoms with Crippen molar-refractivity contribution in [1.82, 2.24) is 5.32 Å². The van der Waals surface area contributed by atoms with Crippen molar-refractivity contribution in [2.45, 2.75) is 58.5 Å². The van der Waals surface area contributed by atoms with E-state index in [0.717, 1.165) is 21.2 Å². The van der Waals surface area contributed by atoms with Gasteiger partial charge in [-0.2, -0.15) is 0 Å². The molecule has 2 N–H and O–H groups in total. The number of fused-ring (bicyclic) bond motifs is 1. The number of rotatable bonds is 7. The predicted octanol–water partition coefficient (Wildman–Crippen LogP) is 4.89. The summed E-state index contributed by atoms with van der Waals surface area (Å²) in [6, 6.07) is 12.7. The van der Waals surface area contributed by atoms with E-state index >= 15 is 0 Å². The Kier molecular flexibility index (Phi) is 6.71. The summed E-state index contributed by atoms with van der Waals surface area (Å²) < 4.78 is 0.886. The largest absolute Gasteiger partial charge is 0.480 e. The molecule has 0 bridgehead atoms. The molecule has 2 amide bonds. The van der Waals surface area contributed by atoms with Gasteiger partial charge in [-0.05, 0) is 47.6 Å². The highest BCUT2D eigenvalue weighted by Gasteiger charge is 2.70. The number of nitrogens with zero attached hydrogens (tertiary/aromatic N) is 1. The fourth-order valence-corrected chi connectivity index (χ4v) is 6.07. The highest BCUT2D eigenvalue weighted by atomic mass is 79.9. The van der Waals surface area contributed by atoms with E-state index < -0.39 is 35.3 Å². The Balaban J connectivity index is 1.94. The molecule has 2 aliphatic rings. The molecule has 0 radical (unpaired) electrons. The number of hydrogen-bond donors (Lipinski definition) is 2. The van der Waals surface area contributed by atoms with Crippen molar-refractivity contribution in [2.24, 2.45) is 17.8 Å². The predicted molar refractivity (Wildman–Crippen MR) is 135 cm³/mol. The third kappa shape index (κ3) is 3.52. The van der Waals surface area contributed by atoms with Crippen LogP contribution in [0.2, 0.25) is 0 Å². The lowest BCUT2D eigenvalue weighted by Gasteiger charge is -2.36. The summed E-state index contributed by atoms with van der Waals surface area (Å²) in [6.45, 7) is 7.76. The van der Waals surface area contributed by atoms with Crippen LogP contribution in [-0.2, 0) is 27.2 Å². The van der Waals surface area contributed by atoms with E-state index in [1.807, 2.05) is 70.2 Å². The zero-order valence-corrected chi connectivity index (χ0v) is 21.6. The average molecular weight is 527 g/mol. The number of aliphatic carboxylic acids is 1.